The van der Waals surface area contributed by atoms with Gasteiger partial charge in [0.25, 0.3) is 5.91 Å². The number of primary amides is 1. The predicted octanol–water partition coefficient (Wildman–Crippen LogP) is 3.33. The second-order valence-electron chi connectivity index (χ2n) is 8.45. The van der Waals surface area contributed by atoms with Crippen molar-refractivity contribution < 1.29 is 22.8 Å². The molecule has 1 aromatic rings. The maximum atomic E-state index is 12.9. The molecule has 0 spiro atoms. The lowest BCUT2D eigenvalue weighted by atomic mass is 9.84. The van der Waals surface area contributed by atoms with Crippen LogP contribution < -0.4 is 5.73 Å². The summed E-state index contributed by atoms with van der Waals surface area (Å²) in [5.41, 5.74) is 6.95. The van der Waals surface area contributed by atoms with Crippen LogP contribution >= 0.6 is 0 Å². The number of likely N-dealkylation sites (tertiary alicyclic amines) is 1. The lowest BCUT2D eigenvalue weighted by Gasteiger charge is -2.42. The largest absolute Gasteiger partial charge is 0.391 e. The second kappa shape index (κ2) is 7.63. The van der Waals surface area contributed by atoms with E-state index >= 15 is 0 Å². The van der Waals surface area contributed by atoms with E-state index in [0.717, 1.165) is 31.5 Å². The minimum atomic E-state index is -4.08. The van der Waals surface area contributed by atoms with Crippen LogP contribution in [0.3, 0.4) is 0 Å². The number of nitrogens with zero attached hydrogens (tertiary/aromatic N) is 2. The minimum Gasteiger partial charge on any atom is -0.366 e. The van der Waals surface area contributed by atoms with Crippen molar-refractivity contribution in [3.8, 4) is 0 Å². The van der Waals surface area contributed by atoms with E-state index in [2.05, 4.69) is 4.90 Å². The summed E-state index contributed by atoms with van der Waals surface area (Å²) in [6.07, 6.45) is -0.883. The molecule has 2 aliphatic heterocycles. The number of amides is 2. The molecule has 2 N–H and O–H groups in total. The average molecular weight is 409 g/mol. The summed E-state index contributed by atoms with van der Waals surface area (Å²) in [6, 6.07) is 5.48. The normalized spacial score (nSPS) is 26.6. The zero-order valence-electron chi connectivity index (χ0n) is 16.3. The van der Waals surface area contributed by atoms with Crippen LogP contribution in [-0.4, -0.2) is 53.0 Å². The van der Waals surface area contributed by atoms with Gasteiger partial charge in [0.15, 0.2) is 0 Å². The van der Waals surface area contributed by atoms with Gasteiger partial charge in [0.1, 0.15) is 0 Å². The van der Waals surface area contributed by atoms with Gasteiger partial charge < -0.3 is 15.5 Å². The van der Waals surface area contributed by atoms with Crippen LogP contribution in [0.4, 0.5) is 13.2 Å². The summed E-state index contributed by atoms with van der Waals surface area (Å²) in [4.78, 5) is 28.7. The van der Waals surface area contributed by atoms with Crippen LogP contribution in [0.25, 0.3) is 0 Å². The van der Waals surface area contributed by atoms with E-state index in [0.29, 0.717) is 24.9 Å². The zero-order valence-corrected chi connectivity index (χ0v) is 16.3. The molecule has 158 valence electrons. The second-order valence-corrected chi connectivity index (χ2v) is 8.45. The van der Waals surface area contributed by atoms with Crippen molar-refractivity contribution >= 4 is 11.8 Å². The molecule has 5 nitrogen and oxygen atoms in total. The van der Waals surface area contributed by atoms with Gasteiger partial charge in [0, 0.05) is 31.7 Å². The van der Waals surface area contributed by atoms with Gasteiger partial charge in [-0.15, -0.1) is 0 Å². The molecule has 4 rings (SSSR count). The topological polar surface area (TPSA) is 66.6 Å². The number of halogens is 3. The van der Waals surface area contributed by atoms with Crippen LogP contribution in [0.1, 0.15) is 64.8 Å². The Kier molecular flexibility index (Phi) is 5.31. The summed E-state index contributed by atoms with van der Waals surface area (Å²) in [7, 11) is 0. The SMILES string of the molecule is NC(=O)c1cccc2c1C(=O)N(C1CCN(C3CCC(C(F)(F)F)CC3)CC1)C2. The molecule has 0 atom stereocenters. The fourth-order valence-electron chi connectivity index (χ4n) is 5.21. The number of nitrogens with two attached hydrogens (primary N) is 1. The quantitative estimate of drug-likeness (QED) is 0.833. The Labute approximate surface area is 168 Å². The first-order chi connectivity index (χ1) is 13.8. The molecular weight excluding hydrogens is 383 g/mol. The van der Waals surface area contributed by atoms with Gasteiger partial charge in [0.05, 0.1) is 17.0 Å². The van der Waals surface area contributed by atoms with E-state index in [1.807, 2.05) is 11.0 Å². The van der Waals surface area contributed by atoms with Gasteiger partial charge in [-0.2, -0.15) is 13.2 Å². The van der Waals surface area contributed by atoms with E-state index < -0.39 is 18.0 Å². The molecule has 2 fully saturated rings. The van der Waals surface area contributed by atoms with E-state index in [1.165, 1.54) is 0 Å². The van der Waals surface area contributed by atoms with Crippen molar-refractivity contribution in [2.75, 3.05) is 13.1 Å². The molecule has 0 aromatic heterocycles. The molecule has 1 saturated carbocycles. The minimum absolute atomic E-state index is 0.0818. The zero-order chi connectivity index (χ0) is 20.8. The molecule has 0 bridgehead atoms. The number of hydrogen-bond donors (Lipinski definition) is 1. The van der Waals surface area contributed by atoms with Gasteiger partial charge in [-0.1, -0.05) is 12.1 Å². The van der Waals surface area contributed by atoms with Gasteiger partial charge in [-0.3, -0.25) is 9.59 Å². The molecule has 1 saturated heterocycles. The predicted molar refractivity (Wildman–Crippen MR) is 101 cm³/mol. The third-order valence-electron chi connectivity index (χ3n) is 6.85. The number of piperidine rings is 1. The number of carbonyl (C=O) groups excluding carboxylic acids is 2. The highest BCUT2D eigenvalue weighted by Gasteiger charge is 2.43. The van der Waals surface area contributed by atoms with Crippen LogP contribution in [0, 0.1) is 5.92 Å². The van der Waals surface area contributed by atoms with Crippen LogP contribution in [0.2, 0.25) is 0 Å². The van der Waals surface area contributed by atoms with Gasteiger partial charge in [-0.05, 0) is 50.2 Å². The van der Waals surface area contributed by atoms with Crippen molar-refractivity contribution in [1.29, 1.82) is 0 Å². The number of benzene rings is 1. The van der Waals surface area contributed by atoms with Gasteiger partial charge in [0.2, 0.25) is 5.91 Å². The monoisotopic (exact) mass is 409 g/mol. The molecule has 8 heteroatoms. The molecule has 29 heavy (non-hydrogen) atoms. The average Bonchev–Trinajstić information content (AvgIpc) is 3.04. The summed E-state index contributed by atoms with van der Waals surface area (Å²) in [5.74, 6) is -1.89. The smallest absolute Gasteiger partial charge is 0.366 e. The Morgan fingerprint density at radius 3 is 2.24 bits per heavy atom. The third-order valence-corrected chi connectivity index (χ3v) is 6.85. The Hall–Kier alpha value is -2.09. The number of carbonyl (C=O) groups is 2. The van der Waals surface area contributed by atoms with E-state index in [4.69, 9.17) is 5.73 Å². The van der Waals surface area contributed by atoms with E-state index in [9.17, 15) is 22.8 Å². The van der Waals surface area contributed by atoms with Crippen LogP contribution in [-0.2, 0) is 6.54 Å². The van der Waals surface area contributed by atoms with Crippen molar-refractivity contribution in [1.82, 2.24) is 9.80 Å². The van der Waals surface area contributed by atoms with Crippen molar-refractivity contribution in [3.05, 3.63) is 34.9 Å². The summed E-state index contributed by atoms with van der Waals surface area (Å²) < 4.78 is 38.6. The molecule has 1 aliphatic carbocycles. The number of fused-ring (bicyclic) bond motifs is 1. The highest BCUT2D eigenvalue weighted by atomic mass is 19.4. The maximum Gasteiger partial charge on any atom is 0.391 e. The molecule has 0 radical (unpaired) electrons. The first kappa shape index (κ1) is 20.2. The highest BCUT2D eigenvalue weighted by molar-refractivity contribution is 6.09. The van der Waals surface area contributed by atoms with Gasteiger partial charge >= 0.3 is 6.18 Å². The van der Waals surface area contributed by atoms with Crippen LogP contribution in [0.15, 0.2) is 18.2 Å². The third kappa shape index (κ3) is 3.86. The summed E-state index contributed by atoms with van der Waals surface area (Å²) in [5, 5.41) is 0. The summed E-state index contributed by atoms with van der Waals surface area (Å²) in [6.45, 7) is 2.06. The molecule has 2 amide bonds. The Balaban J connectivity index is 1.35. The van der Waals surface area contributed by atoms with Crippen LogP contribution in [0.5, 0.6) is 0 Å². The molecule has 0 unspecified atom stereocenters. The molecule has 1 aromatic carbocycles. The molecule has 3 aliphatic rings. The van der Waals surface area contributed by atoms with Gasteiger partial charge in [-0.25, -0.2) is 0 Å². The molecular formula is C21H26F3N3O2. The number of rotatable bonds is 3. The molecule has 2 heterocycles. The first-order valence-corrected chi connectivity index (χ1v) is 10.3. The number of alkyl halides is 3. The van der Waals surface area contributed by atoms with E-state index in [1.54, 1.807) is 12.1 Å². The Morgan fingerprint density at radius 2 is 1.66 bits per heavy atom. The fraction of sp³-hybridized carbons (Fsp3) is 0.619. The Morgan fingerprint density at radius 1 is 1.00 bits per heavy atom. The maximum absolute atomic E-state index is 12.9. The standard InChI is InChI=1S/C21H26F3N3O2/c22-21(23,24)14-4-6-15(7-5-14)26-10-8-16(9-11-26)27-12-13-2-1-3-17(19(25)28)18(13)20(27)29/h1-3,14-16H,4-12H2,(H2,25,28). The first-order valence-electron chi connectivity index (χ1n) is 10.3. The lowest BCUT2D eigenvalue weighted by molar-refractivity contribution is -0.184. The van der Waals surface area contributed by atoms with E-state index in [-0.39, 0.29) is 36.4 Å². The van der Waals surface area contributed by atoms with Crippen molar-refractivity contribution in [3.63, 3.8) is 0 Å². The highest BCUT2D eigenvalue weighted by Crippen LogP contribution is 2.39. The number of hydrogen-bond acceptors (Lipinski definition) is 3. The fourth-order valence-corrected chi connectivity index (χ4v) is 5.21. The lowest BCUT2D eigenvalue weighted by Crippen LogP contribution is -2.49. The van der Waals surface area contributed by atoms with Crippen molar-refractivity contribution in [2.45, 2.75) is 63.3 Å². The van der Waals surface area contributed by atoms with Crippen molar-refractivity contribution in [2.24, 2.45) is 11.7 Å². The Bertz CT molecular complexity index is 795. The summed E-state index contributed by atoms with van der Waals surface area (Å²) >= 11 is 0.